The fourth-order valence-corrected chi connectivity index (χ4v) is 4.50. The lowest BCUT2D eigenvalue weighted by Crippen LogP contribution is -2.47. The number of nitrogens with zero attached hydrogens (tertiary/aromatic N) is 3. The van der Waals surface area contributed by atoms with Gasteiger partial charge in [0.05, 0.1) is 10.5 Å². The van der Waals surface area contributed by atoms with Crippen molar-refractivity contribution in [3.8, 4) is 0 Å². The predicted octanol–water partition coefficient (Wildman–Crippen LogP) is 5.04. The predicted molar refractivity (Wildman–Crippen MR) is 125 cm³/mol. The number of hydrogen-bond acceptors (Lipinski definition) is 6. The van der Waals surface area contributed by atoms with Gasteiger partial charge in [0, 0.05) is 55.6 Å². The first kappa shape index (κ1) is 26.1. The molecular weight excluding hydrogens is 518 g/mol. The van der Waals surface area contributed by atoms with E-state index >= 15 is 0 Å². The number of likely N-dealkylation sites (tertiary alicyclic amines) is 2. The number of rotatable bonds is 4. The minimum atomic E-state index is -2.83. The number of alkyl halides is 2. The van der Waals surface area contributed by atoms with Crippen LogP contribution in [-0.2, 0) is 4.74 Å². The maximum Gasteiger partial charge on any atom is 0.410 e. The first-order chi connectivity index (χ1) is 15.8. The van der Waals surface area contributed by atoms with Gasteiger partial charge in [-0.3, -0.25) is 14.9 Å². The van der Waals surface area contributed by atoms with Gasteiger partial charge in [0.1, 0.15) is 11.3 Å². The van der Waals surface area contributed by atoms with E-state index in [1.807, 2.05) is 0 Å². The molecule has 0 aromatic heterocycles. The van der Waals surface area contributed by atoms with E-state index in [0.29, 0.717) is 23.9 Å². The topological polar surface area (TPSA) is 105 Å². The van der Waals surface area contributed by atoms with Crippen LogP contribution in [0.25, 0.3) is 0 Å². The van der Waals surface area contributed by atoms with Gasteiger partial charge in [0.15, 0.2) is 0 Å². The molecule has 1 aromatic carbocycles. The van der Waals surface area contributed by atoms with Crippen LogP contribution in [0, 0.1) is 10.1 Å². The monoisotopic (exact) mass is 546 g/mol. The van der Waals surface area contributed by atoms with Crippen LogP contribution in [0.4, 0.5) is 25.0 Å². The van der Waals surface area contributed by atoms with Crippen molar-refractivity contribution in [3.63, 3.8) is 0 Å². The Morgan fingerprint density at radius 1 is 1.21 bits per heavy atom. The van der Waals surface area contributed by atoms with Gasteiger partial charge in [-0.2, -0.15) is 0 Å². The molecule has 2 heterocycles. The number of carbonyl (C=O) groups is 2. The van der Waals surface area contributed by atoms with Crippen molar-refractivity contribution in [1.29, 1.82) is 0 Å². The summed E-state index contributed by atoms with van der Waals surface area (Å²) in [6.07, 6.45) is -0.118. The molecular formula is C22H29BrF2N4O5. The lowest BCUT2D eigenvalue weighted by molar-refractivity contribution is -0.384. The van der Waals surface area contributed by atoms with Gasteiger partial charge >= 0.3 is 6.09 Å². The highest BCUT2D eigenvalue weighted by Crippen LogP contribution is 2.36. The van der Waals surface area contributed by atoms with E-state index in [9.17, 15) is 28.5 Å². The SMILES string of the molecule is CC(C)(C)OC(=O)N1CCC[C@@H](Nc2c(C(=O)N3CCC(F)(F)CC3)cc(Br)cc2[N+](=O)[O-])C1. The summed E-state index contributed by atoms with van der Waals surface area (Å²) < 4.78 is 32.9. The quantitative estimate of drug-likeness (QED) is 0.419. The van der Waals surface area contributed by atoms with E-state index < -0.39 is 41.3 Å². The van der Waals surface area contributed by atoms with Crippen LogP contribution in [0.3, 0.4) is 0 Å². The number of nitro benzene ring substituents is 1. The lowest BCUT2D eigenvalue weighted by atomic mass is 10.0. The first-order valence-corrected chi connectivity index (χ1v) is 11.9. The molecule has 2 aliphatic heterocycles. The third kappa shape index (κ3) is 6.55. The number of piperidine rings is 2. The van der Waals surface area contributed by atoms with Gasteiger partial charge in [-0.25, -0.2) is 13.6 Å². The minimum Gasteiger partial charge on any atom is -0.444 e. The van der Waals surface area contributed by atoms with Crippen LogP contribution in [0.5, 0.6) is 0 Å². The number of amides is 2. The number of hydrogen-bond donors (Lipinski definition) is 1. The molecule has 1 N–H and O–H groups in total. The molecule has 0 radical (unpaired) electrons. The van der Waals surface area contributed by atoms with Crippen LogP contribution in [0.15, 0.2) is 16.6 Å². The molecule has 12 heteroatoms. The van der Waals surface area contributed by atoms with Crippen molar-refractivity contribution < 1.29 is 28.0 Å². The molecule has 1 aromatic rings. The summed E-state index contributed by atoms with van der Waals surface area (Å²) >= 11 is 3.22. The van der Waals surface area contributed by atoms with E-state index in [2.05, 4.69) is 21.2 Å². The number of nitrogens with one attached hydrogen (secondary N) is 1. The summed E-state index contributed by atoms with van der Waals surface area (Å²) in [5.74, 6) is -3.38. The molecule has 188 valence electrons. The maximum atomic E-state index is 13.6. The summed E-state index contributed by atoms with van der Waals surface area (Å²) in [7, 11) is 0. The van der Waals surface area contributed by atoms with Crippen molar-refractivity contribution >= 4 is 39.3 Å². The van der Waals surface area contributed by atoms with E-state index in [-0.39, 0.29) is 42.6 Å². The summed E-state index contributed by atoms with van der Waals surface area (Å²) in [5, 5.41) is 14.9. The molecule has 2 aliphatic rings. The minimum absolute atomic E-state index is 0.0200. The third-order valence-electron chi connectivity index (χ3n) is 5.71. The maximum absolute atomic E-state index is 13.6. The van der Waals surface area contributed by atoms with Crippen molar-refractivity contribution in [1.82, 2.24) is 9.80 Å². The van der Waals surface area contributed by atoms with Crippen molar-refractivity contribution in [2.45, 2.75) is 64.0 Å². The highest BCUT2D eigenvalue weighted by Gasteiger charge is 2.37. The number of halogens is 3. The fourth-order valence-electron chi connectivity index (χ4n) is 4.06. The molecule has 0 spiro atoms. The summed E-state index contributed by atoms with van der Waals surface area (Å²) in [4.78, 5) is 39.8. The van der Waals surface area contributed by atoms with Crippen molar-refractivity contribution in [2.24, 2.45) is 0 Å². The van der Waals surface area contributed by atoms with Crippen LogP contribution in [0.1, 0.15) is 56.8 Å². The fraction of sp³-hybridized carbons (Fsp3) is 0.636. The first-order valence-electron chi connectivity index (χ1n) is 11.2. The Kier molecular flexibility index (Phi) is 7.69. The summed E-state index contributed by atoms with van der Waals surface area (Å²) in [6.45, 7) is 5.76. The van der Waals surface area contributed by atoms with Gasteiger partial charge < -0.3 is 19.9 Å². The van der Waals surface area contributed by atoms with Gasteiger partial charge in [0.2, 0.25) is 0 Å². The number of nitro groups is 1. The largest absolute Gasteiger partial charge is 0.444 e. The lowest BCUT2D eigenvalue weighted by Gasteiger charge is -2.35. The zero-order chi connectivity index (χ0) is 25.3. The van der Waals surface area contributed by atoms with E-state index in [1.54, 1.807) is 20.8 Å². The molecule has 0 bridgehead atoms. The van der Waals surface area contributed by atoms with Gasteiger partial charge in [0.25, 0.3) is 17.5 Å². The Morgan fingerprint density at radius 3 is 2.44 bits per heavy atom. The second-order valence-electron chi connectivity index (χ2n) is 9.66. The zero-order valence-electron chi connectivity index (χ0n) is 19.4. The van der Waals surface area contributed by atoms with E-state index in [4.69, 9.17) is 4.74 Å². The molecule has 34 heavy (non-hydrogen) atoms. The van der Waals surface area contributed by atoms with Crippen molar-refractivity contribution in [3.05, 3.63) is 32.3 Å². The van der Waals surface area contributed by atoms with Crippen LogP contribution >= 0.6 is 15.9 Å². The Hall–Kier alpha value is -2.50. The van der Waals surface area contributed by atoms with Crippen LogP contribution in [-0.4, -0.2) is 70.5 Å². The Bertz CT molecular complexity index is 959. The highest BCUT2D eigenvalue weighted by atomic mass is 79.9. The Labute approximate surface area is 205 Å². The molecule has 0 saturated carbocycles. The molecule has 3 rings (SSSR count). The highest BCUT2D eigenvalue weighted by molar-refractivity contribution is 9.10. The van der Waals surface area contributed by atoms with E-state index in [1.165, 1.54) is 21.9 Å². The molecule has 2 fully saturated rings. The second-order valence-corrected chi connectivity index (χ2v) is 10.6. The Balaban J connectivity index is 1.86. The number of anilines is 1. The molecule has 9 nitrogen and oxygen atoms in total. The zero-order valence-corrected chi connectivity index (χ0v) is 21.0. The van der Waals surface area contributed by atoms with Gasteiger partial charge in [-0.05, 0) is 39.7 Å². The average Bonchev–Trinajstić information content (AvgIpc) is 2.73. The third-order valence-corrected chi connectivity index (χ3v) is 6.17. The molecule has 0 unspecified atom stereocenters. The van der Waals surface area contributed by atoms with Crippen molar-refractivity contribution in [2.75, 3.05) is 31.5 Å². The van der Waals surface area contributed by atoms with Gasteiger partial charge in [-0.15, -0.1) is 0 Å². The second kappa shape index (κ2) is 10.0. The molecule has 1 atom stereocenters. The average molecular weight is 547 g/mol. The van der Waals surface area contributed by atoms with E-state index in [0.717, 1.165) is 0 Å². The number of benzene rings is 1. The van der Waals surface area contributed by atoms with Crippen LogP contribution < -0.4 is 5.32 Å². The standard InChI is InChI=1S/C22H29BrF2N4O5/c1-21(2,3)34-20(31)28-8-4-5-15(13-28)26-18-16(11-14(23)12-17(18)29(32)33)19(30)27-9-6-22(24,25)7-10-27/h11-12,15,26H,4-10,13H2,1-3H3/t15-/m1/s1. The summed E-state index contributed by atoms with van der Waals surface area (Å²) in [5.41, 5.74) is -0.922. The molecule has 0 aliphatic carbocycles. The van der Waals surface area contributed by atoms with Crippen LogP contribution in [0.2, 0.25) is 0 Å². The number of carbonyl (C=O) groups excluding carboxylic acids is 2. The number of ether oxygens (including phenoxy) is 1. The smallest absolute Gasteiger partial charge is 0.410 e. The normalized spacial score (nSPS) is 20.6. The summed E-state index contributed by atoms with van der Waals surface area (Å²) in [6, 6.07) is 2.38. The molecule has 2 saturated heterocycles. The van der Waals surface area contributed by atoms with Gasteiger partial charge in [-0.1, -0.05) is 15.9 Å². The Morgan fingerprint density at radius 2 is 1.85 bits per heavy atom. The molecule has 2 amide bonds.